The van der Waals surface area contributed by atoms with Crippen LogP contribution in [0.2, 0.25) is 0 Å². The van der Waals surface area contributed by atoms with E-state index in [2.05, 4.69) is 27.7 Å². The van der Waals surface area contributed by atoms with Gasteiger partial charge in [0.25, 0.3) is 0 Å². The van der Waals surface area contributed by atoms with Crippen LogP contribution in [0, 0.1) is 11.8 Å². The predicted octanol–water partition coefficient (Wildman–Crippen LogP) is 4.02. The Morgan fingerprint density at radius 3 is 1.89 bits per heavy atom. The molecular formula is C16H24O2S. The first-order chi connectivity index (χ1) is 8.84. The highest BCUT2D eigenvalue weighted by Crippen LogP contribution is 2.38. The lowest BCUT2D eigenvalue weighted by molar-refractivity contribution is 0.509. The Bertz CT molecular complexity index is 518. The molecule has 3 heteroatoms. The van der Waals surface area contributed by atoms with Crippen molar-refractivity contribution >= 4 is 9.84 Å². The number of rotatable bonds is 3. The first kappa shape index (κ1) is 14.6. The number of sulfone groups is 1. The van der Waals surface area contributed by atoms with Crippen LogP contribution in [-0.2, 0) is 9.84 Å². The van der Waals surface area contributed by atoms with Crippen molar-refractivity contribution < 1.29 is 8.42 Å². The molecule has 0 aliphatic heterocycles. The van der Waals surface area contributed by atoms with Crippen molar-refractivity contribution in [2.45, 2.75) is 56.6 Å². The SMILES string of the molecule is CC(C)c1ccc(S(=O)(=O)C2C(C)CCC2C)cc1. The lowest BCUT2D eigenvalue weighted by Crippen LogP contribution is -2.28. The van der Waals surface area contributed by atoms with Crippen LogP contribution in [0.4, 0.5) is 0 Å². The molecule has 0 radical (unpaired) electrons. The van der Waals surface area contributed by atoms with E-state index in [-0.39, 0.29) is 17.1 Å². The Hall–Kier alpha value is -0.830. The fraction of sp³-hybridized carbons (Fsp3) is 0.625. The molecule has 1 fully saturated rings. The fourth-order valence-corrected chi connectivity index (χ4v) is 5.55. The van der Waals surface area contributed by atoms with Crippen LogP contribution < -0.4 is 0 Å². The molecule has 2 atom stereocenters. The van der Waals surface area contributed by atoms with Crippen molar-refractivity contribution in [3.63, 3.8) is 0 Å². The van der Waals surface area contributed by atoms with Crippen molar-refractivity contribution in [1.29, 1.82) is 0 Å². The van der Waals surface area contributed by atoms with Crippen molar-refractivity contribution in [2.24, 2.45) is 11.8 Å². The lowest BCUT2D eigenvalue weighted by atomic mass is 10.0. The Morgan fingerprint density at radius 1 is 1.00 bits per heavy atom. The molecule has 0 heterocycles. The second-order valence-corrected chi connectivity index (χ2v) is 8.37. The summed E-state index contributed by atoms with van der Waals surface area (Å²) in [5.74, 6) is 0.968. The van der Waals surface area contributed by atoms with Gasteiger partial charge in [0.05, 0.1) is 10.1 Å². The van der Waals surface area contributed by atoms with Gasteiger partial charge in [0, 0.05) is 0 Å². The van der Waals surface area contributed by atoms with E-state index >= 15 is 0 Å². The highest BCUT2D eigenvalue weighted by atomic mass is 32.2. The largest absolute Gasteiger partial charge is 0.223 e. The zero-order valence-corrected chi connectivity index (χ0v) is 13.1. The summed E-state index contributed by atoms with van der Waals surface area (Å²) < 4.78 is 25.5. The molecule has 2 nitrogen and oxygen atoms in total. The Morgan fingerprint density at radius 2 is 1.47 bits per heavy atom. The average molecular weight is 280 g/mol. The lowest BCUT2D eigenvalue weighted by Gasteiger charge is -2.20. The van der Waals surface area contributed by atoms with E-state index in [1.807, 2.05) is 12.1 Å². The molecule has 0 N–H and O–H groups in total. The van der Waals surface area contributed by atoms with E-state index in [1.165, 1.54) is 5.56 Å². The minimum atomic E-state index is -3.18. The summed E-state index contributed by atoms with van der Waals surface area (Å²) in [6.45, 7) is 8.36. The van der Waals surface area contributed by atoms with Gasteiger partial charge in [-0.2, -0.15) is 0 Å². The number of hydrogen-bond acceptors (Lipinski definition) is 2. The average Bonchev–Trinajstić information content (AvgIpc) is 2.69. The second-order valence-electron chi connectivity index (χ2n) is 6.27. The summed E-state index contributed by atoms with van der Waals surface area (Å²) in [6, 6.07) is 7.45. The van der Waals surface area contributed by atoms with Crippen LogP contribution in [0.3, 0.4) is 0 Å². The van der Waals surface area contributed by atoms with Crippen LogP contribution in [-0.4, -0.2) is 13.7 Å². The molecule has 19 heavy (non-hydrogen) atoms. The summed E-state index contributed by atoms with van der Waals surface area (Å²) >= 11 is 0. The molecule has 1 aromatic rings. The topological polar surface area (TPSA) is 34.1 Å². The smallest absolute Gasteiger partial charge is 0.181 e. The molecule has 0 bridgehead atoms. The molecule has 106 valence electrons. The van der Waals surface area contributed by atoms with Crippen molar-refractivity contribution in [2.75, 3.05) is 0 Å². The van der Waals surface area contributed by atoms with Gasteiger partial charge >= 0.3 is 0 Å². The van der Waals surface area contributed by atoms with Gasteiger partial charge in [-0.3, -0.25) is 0 Å². The van der Waals surface area contributed by atoms with Crippen LogP contribution >= 0.6 is 0 Å². The molecular weight excluding hydrogens is 256 g/mol. The quantitative estimate of drug-likeness (QED) is 0.838. The van der Waals surface area contributed by atoms with Gasteiger partial charge in [-0.25, -0.2) is 8.42 Å². The third kappa shape index (κ3) is 2.71. The summed E-state index contributed by atoms with van der Waals surface area (Å²) in [5, 5.41) is -0.211. The van der Waals surface area contributed by atoms with E-state index in [4.69, 9.17) is 0 Å². The third-order valence-corrected chi connectivity index (χ3v) is 7.01. The van der Waals surface area contributed by atoms with Gasteiger partial charge in [0.2, 0.25) is 0 Å². The van der Waals surface area contributed by atoms with Gasteiger partial charge in [0.1, 0.15) is 0 Å². The van der Waals surface area contributed by atoms with Gasteiger partial charge in [0.15, 0.2) is 9.84 Å². The summed E-state index contributed by atoms with van der Waals surface area (Å²) in [4.78, 5) is 0.488. The maximum absolute atomic E-state index is 12.7. The van der Waals surface area contributed by atoms with Crippen molar-refractivity contribution in [1.82, 2.24) is 0 Å². The molecule has 1 aromatic carbocycles. The van der Waals surface area contributed by atoms with Crippen LogP contribution in [0.25, 0.3) is 0 Å². The fourth-order valence-electron chi connectivity index (χ4n) is 3.23. The Kier molecular flexibility index (Phi) is 4.05. The molecule has 1 saturated carbocycles. The molecule has 2 unspecified atom stereocenters. The van der Waals surface area contributed by atoms with E-state index in [9.17, 15) is 8.42 Å². The first-order valence-electron chi connectivity index (χ1n) is 7.18. The van der Waals surface area contributed by atoms with Gasteiger partial charge in [-0.05, 0) is 48.3 Å². The summed E-state index contributed by atoms with van der Waals surface area (Å²) in [7, 11) is -3.18. The predicted molar refractivity (Wildman–Crippen MR) is 79.1 cm³/mol. The maximum Gasteiger partial charge on any atom is 0.181 e. The normalized spacial score (nSPS) is 27.9. The molecule has 0 amide bonds. The van der Waals surface area contributed by atoms with Crippen molar-refractivity contribution in [3.05, 3.63) is 29.8 Å². The van der Waals surface area contributed by atoms with Gasteiger partial charge in [-0.15, -0.1) is 0 Å². The van der Waals surface area contributed by atoms with E-state index in [1.54, 1.807) is 12.1 Å². The molecule has 0 aromatic heterocycles. The summed E-state index contributed by atoms with van der Waals surface area (Å²) in [6.07, 6.45) is 2.05. The third-order valence-electron chi connectivity index (χ3n) is 4.43. The molecule has 2 rings (SSSR count). The van der Waals surface area contributed by atoms with Crippen LogP contribution in [0.5, 0.6) is 0 Å². The monoisotopic (exact) mass is 280 g/mol. The van der Waals surface area contributed by atoms with E-state index < -0.39 is 9.84 Å². The highest BCUT2D eigenvalue weighted by Gasteiger charge is 2.40. The minimum absolute atomic E-state index is 0.211. The Labute approximate surface area is 117 Å². The zero-order valence-electron chi connectivity index (χ0n) is 12.3. The summed E-state index contributed by atoms with van der Waals surface area (Å²) in [5.41, 5.74) is 1.19. The standard InChI is InChI=1S/C16H24O2S/c1-11(2)14-7-9-15(10-8-14)19(17,18)16-12(3)5-6-13(16)4/h7-13,16H,5-6H2,1-4H3. The van der Waals surface area contributed by atoms with E-state index in [0.717, 1.165) is 12.8 Å². The number of hydrogen-bond donors (Lipinski definition) is 0. The molecule has 1 aliphatic rings. The van der Waals surface area contributed by atoms with Gasteiger partial charge in [-0.1, -0.05) is 39.8 Å². The zero-order chi connectivity index (χ0) is 14.2. The second kappa shape index (κ2) is 5.28. The van der Waals surface area contributed by atoms with Crippen LogP contribution in [0.1, 0.15) is 52.0 Å². The van der Waals surface area contributed by atoms with E-state index in [0.29, 0.717) is 10.8 Å². The number of benzene rings is 1. The van der Waals surface area contributed by atoms with Gasteiger partial charge < -0.3 is 0 Å². The highest BCUT2D eigenvalue weighted by molar-refractivity contribution is 7.92. The molecule has 0 saturated heterocycles. The maximum atomic E-state index is 12.7. The van der Waals surface area contributed by atoms with Crippen molar-refractivity contribution in [3.8, 4) is 0 Å². The minimum Gasteiger partial charge on any atom is -0.223 e. The Balaban J connectivity index is 2.34. The molecule has 0 spiro atoms. The molecule has 1 aliphatic carbocycles. The first-order valence-corrected chi connectivity index (χ1v) is 8.72. The van der Waals surface area contributed by atoms with Crippen LogP contribution in [0.15, 0.2) is 29.2 Å².